The first kappa shape index (κ1) is 27.7. The molecule has 0 amide bonds. The van der Waals surface area contributed by atoms with E-state index >= 15 is 0 Å². The summed E-state index contributed by atoms with van der Waals surface area (Å²) in [5, 5.41) is 0. The van der Waals surface area contributed by atoms with Gasteiger partial charge in [0.2, 0.25) is 6.33 Å². The number of unbranched alkanes of at least 4 members (excludes halogenated alkanes) is 12. The number of aromatic nitrogens is 2. The Hall–Kier alpha value is -1.27. The number of imidazole rings is 1. The lowest BCUT2D eigenvalue weighted by molar-refractivity contribution is -0.696. The second-order valence-corrected chi connectivity index (χ2v) is 7.75. The second kappa shape index (κ2) is 18.7. The smallest absolute Gasteiger partial charge is 0.418 e. The molecule has 0 aliphatic rings. The van der Waals surface area contributed by atoms with Gasteiger partial charge in [-0.1, -0.05) is 70.4 Å². The largest absolute Gasteiger partial charge is 0.673 e. The maximum atomic E-state index is 9.75. The molecule has 0 N–H and O–H groups in total. The maximum Gasteiger partial charge on any atom is 0.673 e. The average Bonchev–Trinajstić information content (AvgIpc) is 3.05. The van der Waals surface area contributed by atoms with Crippen molar-refractivity contribution in [3.05, 3.63) is 30.9 Å². The number of nitrogens with zero attached hydrogens (tertiary/aromatic N) is 2. The van der Waals surface area contributed by atoms with Gasteiger partial charge in [-0.2, -0.15) is 0 Å². The first-order valence-electron chi connectivity index (χ1n) is 11.4. The molecule has 0 saturated carbocycles. The third-order valence-corrected chi connectivity index (χ3v) is 4.75. The SMILES string of the molecule is CCCCCCCCC=CCCCCCCCC[n+]1ccn(C)c1.F[B-](F)(F)F. The van der Waals surface area contributed by atoms with E-state index in [1.807, 2.05) is 0 Å². The molecule has 0 radical (unpaired) electrons. The van der Waals surface area contributed by atoms with Gasteiger partial charge in [0, 0.05) is 0 Å². The van der Waals surface area contributed by atoms with Gasteiger partial charge in [-0.25, -0.2) is 9.13 Å². The Labute approximate surface area is 175 Å². The van der Waals surface area contributed by atoms with Crippen LogP contribution in [0.3, 0.4) is 0 Å². The highest BCUT2D eigenvalue weighted by atomic mass is 19.5. The molecule has 1 rings (SSSR count). The van der Waals surface area contributed by atoms with Crippen molar-refractivity contribution >= 4 is 7.25 Å². The molecule has 0 saturated heterocycles. The normalized spacial score (nSPS) is 11.7. The molecule has 7 heteroatoms. The van der Waals surface area contributed by atoms with Gasteiger partial charge in [0.15, 0.2) is 0 Å². The van der Waals surface area contributed by atoms with E-state index in [4.69, 9.17) is 0 Å². The van der Waals surface area contributed by atoms with E-state index in [0.29, 0.717) is 0 Å². The van der Waals surface area contributed by atoms with E-state index in [1.165, 1.54) is 96.4 Å². The van der Waals surface area contributed by atoms with Gasteiger partial charge in [-0.3, -0.25) is 0 Å². The summed E-state index contributed by atoms with van der Waals surface area (Å²) in [4.78, 5) is 0. The Morgan fingerprint density at radius 2 is 1.21 bits per heavy atom. The third kappa shape index (κ3) is 24.7. The minimum Gasteiger partial charge on any atom is -0.418 e. The highest BCUT2D eigenvalue weighted by Crippen LogP contribution is 2.10. The van der Waals surface area contributed by atoms with Gasteiger partial charge < -0.3 is 17.3 Å². The summed E-state index contributed by atoms with van der Waals surface area (Å²) < 4.78 is 43.4. The van der Waals surface area contributed by atoms with Crippen LogP contribution in [0.15, 0.2) is 30.9 Å². The van der Waals surface area contributed by atoms with Crippen LogP contribution in [-0.2, 0) is 13.6 Å². The van der Waals surface area contributed by atoms with Gasteiger partial charge >= 0.3 is 7.25 Å². The number of allylic oxidation sites excluding steroid dienone is 2. The average molecular weight is 420 g/mol. The maximum absolute atomic E-state index is 9.75. The van der Waals surface area contributed by atoms with Crippen molar-refractivity contribution in [2.24, 2.45) is 7.05 Å². The lowest BCUT2D eigenvalue weighted by Gasteiger charge is -2.00. The number of hydrogen-bond donors (Lipinski definition) is 0. The summed E-state index contributed by atoms with van der Waals surface area (Å²) in [7, 11) is -3.92. The van der Waals surface area contributed by atoms with Gasteiger partial charge in [0.1, 0.15) is 12.4 Å². The monoisotopic (exact) mass is 420 g/mol. The molecule has 0 aliphatic heterocycles. The fraction of sp³-hybridized carbons (Fsp3) is 0.773. The Morgan fingerprint density at radius 1 is 0.759 bits per heavy atom. The molecule has 29 heavy (non-hydrogen) atoms. The van der Waals surface area contributed by atoms with Crippen LogP contribution in [0.2, 0.25) is 0 Å². The van der Waals surface area contributed by atoms with E-state index in [9.17, 15) is 17.3 Å². The molecule has 0 fully saturated rings. The van der Waals surface area contributed by atoms with Crippen LogP contribution >= 0.6 is 0 Å². The second-order valence-electron chi connectivity index (χ2n) is 7.75. The predicted molar refractivity (Wildman–Crippen MR) is 115 cm³/mol. The van der Waals surface area contributed by atoms with Crippen molar-refractivity contribution in [3.63, 3.8) is 0 Å². The quantitative estimate of drug-likeness (QED) is 0.0854. The minimum atomic E-state index is -6.00. The molecule has 2 nitrogen and oxygen atoms in total. The molecule has 0 aliphatic carbocycles. The van der Waals surface area contributed by atoms with Crippen molar-refractivity contribution in [1.82, 2.24) is 4.57 Å². The lowest BCUT2D eigenvalue weighted by Crippen LogP contribution is -2.30. The molecular weight excluding hydrogens is 379 g/mol. The van der Waals surface area contributed by atoms with Gasteiger partial charge in [-0.15, -0.1) is 0 Å². The molecule has 170 valence electrons. The Balaban J connectivity index is 0.00000139. The molecule has 1 heterocycles. The number of halogens is 4. The Kier molecular flexibility index (Phi) is 17.9. The van der Waals surface area contributed by atoms with Gasteiger partial charge in [0.05, 0.1) is 13.6 Å². The number of rotatable bonds is 16. The molecule has 0 aromatic carbocycles. The molecule has 0 spiro atoms. The fourth-order valence-corrected chi connectivity index (χ4v) is 3.18. The van der Waals surface area contributed by atoms with Crippen molar-refractivity contribution in [1.29, 1.82) is 0 Å². The number of hydrogen-bond acceptors (Lipinski definition) is 0. The van der Waals surface area contributed by atoms with Crippen LogP contribution in [0.25, 0.3) is 0 Å². The van der Waals surface area contributed by atoms with Gasteiger partial charge in [0.25, 0.3) is 0 Å². The van der Waals surface area contributed by atoms with Crippen molar-refractivity contribution in [2.45, 2.75) is 103 Å². The minimum absolute atomic E-state index is 1.17. The highest BCUT2D eigenvalue weighted by molar-refractivity contribution is 6.50. The summed E-state index contributed by atoms with van der Waals surface area (Å²) in [6.07, 6.45) is 30.6. The predicted octanol–water partition coefficient (Wildman–Crippen LogP) is 7.65. The Bertz CT molecular complexity index is 495. The standard InChI is InChI=1S/C22H41N2.BF4/c1-3-4-5-6-7-8-9-10-11-12-13-14-15-16-17-18-19-24-21-20-23(2)22-24;2-1(3,4)5/h10-11,20-22H,3-9,12-19H2,1-2H3;/q+1;-1. The van der Waals surface area contributed by atoms with E-state index in [-0.39, 0.29) is 0 Å². The molecule has 1 aromatic heterocycles. The number of aryl methyl sites for hydroxylation is 2. The van der Waals surface area contributed by atoms with Crippen LogP contribution in [0, 0.1) is 0 Å². The van der Waals surface area contributed by atoms with Crippen molar-refractivity contribution in [3.8, 4) is 0 Å². The van der Waals surface area contributed by atoms with Crippen LogP contribution in [0.4, 0.5) is 17.3 Å². The van der Waals surface area contributed by atoms with Crippen LogP contribution < -0.4 is 4.57 Å². The molecular formula is C22H41BF4N2. The van der Waals surface area contributed by atoms with Crippen LogP contribution in [0.5, 0.6) is 0 Å². The highest BCUT2D eigenvalue weighted by Gasteiger charge is 2.20. The summed E-state index contributed by atoms with van der Waals surface area (Å²) in [6, 6.07) is 0. The van der Waals surface area contributed by atoms with E-state index in [2.05, 4.69) is 54.0 Å². The summed E-state index contributed by atoms with van der Waals surface area (Å²) in [5.41, 5.74) is 0. The third-order valence-electron chi connectivity index (χ3n) is 4.75. The molecule has 0 unspecified atom stereocenters. The van der Waals surface area contributed by atoms with Crippen molar-refractivity contribution in [2.75, 3.05) is 0 Å². The van der Waals surface area contributed by atoms with Gasteiger partial charge in [-0.05, 0) is 38.5 Å². The molecule has 1 aromatic rings. The summed E-state index contributed by atoms with van der Waals surface area (Å²) >= 11 is 0. The molecule has 0 bridgehead atoms. The zero-order chi connectivity index (χ0) is 21.8. The zero-order valence-electron chi connectivity index (χ0n) is 18.5. The van der Waals surface area contributed by atoms with E-state index in [1.54, 1.807) is 0 Å². The fourth-order valence-electron chi connectivity index (χ4n) is 3.18. The summed E-state index contributed by atoms with van der Waals surface area (Å²) in [5.74, 6) is 0. The Morgan fingerprint density at radius 3 is 1.66 bits per heavy atom. The first-order valence-corrected chi connectivity index (χ1v) is 11.4. The van der Waals surface area contributed by atoms with Crippen LogP contribution in [-0.4, -0.2) is 11.8 Å². The van der Waals surface area contributed by atoms with Crippen molar-refractivity contribution < 1.29 is 21.8 Å². The molecule has 0 atom stereocenters. The topological polar surface area (TPSA) is 8.81 Å². The first-order chi connectivity index (χ1) is 13.8. The zero-order valence-corrected chi connectivity index (χ0v) is 18.5. The van der Waals surface area contributed by atoms with E-state index in [0.717, 1.165) is 0 Å². The van der Waals surface area contributed by atoms with E-state index < -0.39 is 7.25 Å². The lowest BCUT2D eigenvalue weighted by atomic mass is 10.1. The summed E-state index contributed by atoms with van der Waals surface area (Å²) in [6.45, 7) is 3.45. The van der Waals surface area contributed by atoms with Crippen LogP contribution in [0.1, 0.15) is 96.8 Å².